The Labute approximate surface area is 147 Å². The molecule has 130 valence electrons. The van der Waals surface area contributed by atoms with Gasteiger partial charge in [0, 0.05) is 25.5 Å². The Kier molecular flexibility index (Phi) is 6.78. The number of hydrogen-bond acceptors (Lipinski definition) is 4. The van der Waals surface area contributed by atoms with Crippen molar-refractivity contribution in [2.45, 2.75) is 31.5 Å². The number of amides is 1. The minimum absolute atomic E-state index is 0. The lowest BCUT2D eigenvalue weighted by Gasteiger charge is -2.12. The number of ether oxygens (including phenoxy) is 1. The molecule has 1 aliphatic rings. The molecule has 3 rings (SSSR count). The SMILES string of the molecule is Cl.NC[C@H]1CC[C@@H](C(=O)NCCc2ccc(-n3cccn3)cc2)O1. The van der Waals surface area contributed by atoms with E-state index < -0.39 is 0 Å². The van der Waals surface area contributed by atoms with Crippen LogP contribution in [-0.4, -0.2) is 41.0 Å². The summed E-state index contributed by atoms with van der Waals surface area (Å²) >= 11 is 0. The van der Waals surface area contributed by atoms with Gasteiger partial charge < -0.3 is 15.8 Å². The smallest absolute Gasteiger partial charge is 0.249 e. The maximum Gasteiger partial charge on any atom is 0.249 e. The van der Waals surface area contributed by atoms with Crippen molar-refractivity contribution >= 4 is 18.3 Å². The van der Waals surface area contributed by atoms with Crippen LogP contribution in [0, 0.1) is 0 Å². The first-order valence-electron chi connectivity index (χ1n) is 7.98. The second-order valence-corrected chi connectivity index (χ2v) is 5.72. The van der Waals surface area contributed by atoms with E-state index in [9.17, 15) is 4.79 Å². The van der Waals surface area contributed by atoms with Gasteiger partial charge >= 0.3 is 0 Å². The van der Waals surface area contributed by atoms with Crippen molar-refractivity contribution in [1.29, 1.82) is 0 Å². The van der Waals surface area contributed by atoms with Crippen molar-refractivity contribution in [3.63, 3.8) is 0 Å². The molecule has 3 N–H and O–H groups in total. The van der Waals surface area contributed by atoms with Crippen LogP contribution in [0.3, 0.4) is 0 Å². The van der Waals surface area contributed by atoms with Crippen LogP contribution in [0.5, 0.6) is 0 Å². The van der Waals surface area contributed by atoms with E-state index in [-0.39, 0.29) is 30.5 Å². The molecule has 6 nitrogen and oxygen atoms in total. The highest BCUT2D eigenvalue weighted by atomic mass is 35.5. The molecule has 0 bridgehead atoms. The second-order valence-electron chi connectivity index (χ2n) is 5.72. The molecule has 24 heavy (non-hydrogen) atoms. The van der Waals surface area contributed by atoms with E-state index in [1.165, 1.54) is 5.56 Å². The Bertz CT molecular complexity index is 631. The summed E-state index contributed by atoms with van der Waals surface area (Å²) < 4.78 is 7.40. The zero-order valence-electron chi connectivity index (χ0n) is 13.4. The third-order valence-electron chi connectivity index (χ3n) is 4.08. The zero-order chi connectivity index (χ0) is 16.1. The van der Waals surface area contributed by atoms with Crippen LogP contribution < -0.4 is 11.1 Å². The zero-order valence-corrected chi connectivity index (χ0v) is 14.2. The minimum atomic E-state index is -0.342. The maximum absolute atomic E-state index is 12.0. The summed E-state index contributed by atoms with van der Waals surface area (Å²) in [4.78, 5) is 12.0. The largest absolute Gasteiger partial charge is 0.364 e. The number of nitrogens with one attached hydrogen (secondary N) is 1. The number of nitrogens with two attached hydrogens (primary N) is 1. The van der Waals surface area contributed by atoms with Crippen LogP contribution in [0.15, 0.2) is 42.7 Å². The molecule has 0 aliphatic carbocycles. The third-order valence-corrected chi connectivity index (χ3v) is 4.08. The van der Waals surface area contributed by atoms with Crippen LogP contribution in [-0.2, 0) is 16.0 Å². The summed E-state index contributed by atoms with van der Waals surface area (Å²) in [5.74, 6) is -0.0332. The quantitative estimate of drug-likeness (QED) is 0.826. The van der Waals surface area contributed by atoms with Gasteiger partial charge in [-0.3, -0.25) is 4.79 Å². The molecular weight excluding hydrogens is 328 g/mol. The van der Waals surface area contributed by atoms with Crippen molar-refractivity contribution in [1.82, 2.24) is 15.1 Å². The number of halogens is 1. The van der Waals surface area contributed by atoms with Crippen LogP contribution in [0.1, 0.15) is 18.4 Å². The number of nitrogens with zero attached hydrogens (tertiary/aromatic N) is 2. The number of benzene rings is 1. The average Bonchev–Trinajstić information content (AvgIpc) is 3.27. The van der Waals surface area contributed by atoms with Gasteiger partial charge in [0.25, 0.3) is 0 Å². The molecule has 1 aromatic carbocycles. The van der Waals surface area contributed by atoms with Crippen LogP contribution in [0.4, 0.5) is 0 Å². The van der Waals surface area contributed by atoms with E-state index in [1.807, 2.05) is 29.1 Å². The lowest BCUT2D eigenvalue weighted by molar-refractivity contribution is -0.131. The molecule has 0 unspecified atom stereocenters. The van der Waals surface area contributed by atoms with Gasteiger partial charge in [0.05, 0.1) is 11.8 Å². The first-order valence-corrected chi connectivity index (χ1v) is 7.98. The van der Waals surface area contributed by atoms with Gasteiger partial charge in [-0.25, -0.2) is 4.68 Å². The first-order chi connectivity index (χ1) is 11.3. The van der Waals surface area contributed by atoms with E-state index in [2.05, 4.69) is 22.5 Å². The molecule has 1 aromatic heterocycles. The molecule has 1 aliphatic heterocycles. The standard InChI is InChI=1S/C17H22N4O2.ClH/c18-12-15-6-7-16(23-15)17(22)19-10-8-13-2-4-14(5-3-13)21-11-1-9-20-21;/h1-5,9,11,15-16H,6-8,10,12,18H2,(H,19,22);1H/t15-,16+;/m1./s1. The molecule has 1 amide bonds. The fraction of sp³-hybridized carbons (Fsp3) is 0.412. The summed E-state index contributed by atoms with van der Waals surface area (Å²) in [7, 11) is 0. The van der Waals surface area contributed by atoms with Gasteiger partial charge in [-0.1, -0.05) is 12.1 Å². The van der Waals surface area contributed by atoms with Crippen LogP contribution in [0.2, 0.25) is 0 Å². The van der Waals surface area contributed by atoms with Crippen LogP contribution >= 0.6 is 12.4 Å². The van der Waals surface area contributed by atoms with E-state index in [0.29, 0.717) is 13.1 Å². The highest BCUT2D eigenvalue weighted by Gasteiger charge is 2.29. The molecule has 1 saturated heterocycles. The van der Waals surface area contributed by atoms with Crippen molar-refractivity contribution in [2.24, 2.45) is 5.73 Å². The Morgan fingerprint density at radius 3 is 2.75 bits per heavy atom. The minimum Gasteiger partial charge on any atom is -0.364 e. The van der Waals surface area contributed by atoms with E-state index in [0.717, 1.165) is 24.9 Å². The number of carbonyl (C=O) groups is 1. The normalized spacial score (nSPS) is 19.7. The molecule has 0 spiro atoms. The van der Waals surface area contributed by atoms with Gasteiger partial charge in [-0.15, -0.1) is 12.4 Å². The Balaban J connectivity index is 0.00000208. The second kappa shape index (κ2) is 8.82. The highest BCUT2D eigenvalue weighted by Crippen LogP contribution is 2.18. The average molecular weight is 351 g/mol. The van der Waals surface area contributed by atoms with Gasteiger partial charge in [0.2, 0.25) is 5.91 Å². The monoisotopic (exact) mass is 350 g/mol. The summed E-state index contributed by atoms with van der Waals surface area (Å²) in [5, 5.41) is 7.13. The van der Waals surface area contributed by atoms with Gasteiger partial charge in [0.1, 0.15) is 6.10 Å². The van der Waals surface area contributed by atoms with Crippen LogP contribution in [0.25, 0.3) is 5.69 Å². The van der Waals surface area contributed by atoms with Crippen molar-refractivity contribution in [3.05, 3.63) is 48.3 Å². The van der Waals surface area contributed by atoms with Crippen molar-refractivity contribution in [2.75, 3.05) is 13.1 Å². The van der Waals surface area contributed by atoms with Gasteiger partial charge in [-0.2, -0.15) is 5.10 Å². The predicted octanol–water partition coefficient (Wildman–Crippen LogP) is 1.46. The summed E-state index contributed by atoms with van der Waals surface area (Å²) in [6.07, 6.45) is 5.76. The molecule has 2 atom stereocenters. The lowest BCUT2D eigenvalue weighted by Crippen LogP contribution is -2.36. The summed E-state index contributed by atoms with van der Waals surface area (Å²) in [6, 6.07) is 10.1. The predicted molar refractivity (Wildman–Crippen MR) is 94.5 cm³/mol. The van der Waals surface area contributed by atoms with E-state index in [1.54, 1.807) is 6.20 Å². The molecule has 1 fully saturated rings. The molecule has 7 heteroatoms. The topological polar surface area (TPSA) is 82.2 Å². The maximum atomic E-state index is 12.0. The molecule has 2 heterocycles. The molecular formula is C17H23ClN4O2. The molecule has 0 saturated carbocycles. The molecule has 0 radical (unpaired) electrons. The van der Waals surface area contributed by atoms with Gasteiger partial charge in [-0.05, 0) is 43.0 Å². The Morgan fingerprint density at radius 1 is 1.33 bits per heavy atom. The first kappa shape index (κ1) is 18.4. The fourth-order valence-corrected chi connectivity index (χ4v) is 2.75. The third kappa shape index (κ3) is 4.56. The highest BCUT2D eigenvalue weighted by molar-refractivity contribution is 5.85. The van der Waals surface area contributed by atoms with Crippen molar-refractivity contribution < 1.29 is 9.53 Å². The summed E-state index contributed by atoms with van der Waals surface area (Å²) in [5.41, 5.74) is 7.75. The fourth-order valence-electron chi connectivity index (χ4n) is 2.75. The lowest BCUT2D eigenvalue weighted by atomic mass is 10.1. The Morgan fingerprint density at radius 2 is 2.12 bits per heavy atom. The van der Waals surface area contributed by atoms with Gasteiger partial charge in [0.15, 0.2) is 0 Å². The number of rotatable bonds is 6. The number of hydrogen-bond donors (Lipinski definition) is 2. The summed E-state index contributed by atoms with van der Waals surface area (Å²) in [6.45, 7) is 1.08. The van der Waals surface area contributed by atoms with E-state index in [4.69, 9.17) is 10.5 Å². The van der Waals surface area contributed by atoms with E-state index >= 15 is 0 Å². The van der Waals surface area contributed by atoms with Crippen molar-refractivity contribution in [3.8, 4) is 5.69 Å². The number of aromatic nitrogens is 2. The molecule has 2 aromatic rings. The Hall–Kier alpha value is -1.89. The number of carbonyl (C=O) groups excluding carboxylic acids is 1.